The number of nitrogens with one attached hydrogen (secondary N) is 1. The number of piperidine rings is 1. The van der Waals surface area contributed by atoms with Gasteiger partial charge in [-0.1, -0.05) is 18.2 Å². The smallest absolute Gasteiger partial charge is 0.251 e. The van der Waals surface area contributed by atoms with Gasteiger partial charge in [0.2, 0.25) is 10.0 Å². The van der Waals surface area contributed by atoms with Gasteiger partial charge >= 0.3 is 0 Å². The Labute approximate surface area is 185 Å². The van der Waals surface area contributed by atoms with Gasteiger partial charge in [-0.2, -0.15) is 0 Å². The van der Waals surface area contributed by atoms with Crippen molar-refractivity contribution in [2.75, 3.05) is 34.6 Å². The number of sulfonamides is 1. The van der Waals surface area contributed by atoms with Crippen LogP contribution in [0.4, 0.5) is 11.4 Å². The number of carbonyl (C=O) groups excluding carboxylic acids is 1. The van der Waals surface area contributed by atoms with Crippen molar-refractivity contribution < 1.29 is 13.2 Å². The summed E-state index contributed by atoms with van der Waals surface area (Å²) in [5, 5.41) is 2.96. The second kappa shape index (κ2) is 9.30. The summed E-state index contributed by atoms with van der Waals surface area (Å²) >= 11 is 0. The number of anilines is 2. The molecule has 0 aliphatic carbocycles. The first-order valence-corrected chi connectivity index (χ1v) is 12.8. The summed E-state index contributed by atoms with van der Waals surface area (Å²) < 4.78 is 26.4. The highest BCUT2D eigenvalue weighted by molar-refractivity contribution is 7.92. The molecule has 0 saturated carbocycles. The number of hydrogen-bond donors (Lipinski definition) is 1. The fourth-order valence-electron chi connectivity index (χ4n) is 4.34. The van der Waals surface area contributed by atoms with Gasteiger partial charge in [-0.3, -0.25) is 9.10 Å². The molecule has 0 spiro atoms. The van der Waals surface area contributed by atoms with Gasteiger partial charge in [0, 0.05) is 37.4 Å². The first kappa shape index (κ1) is 21.7. The fourth-order valence-corrected chi connectivity index (χ4v) is 6.03. The van der Waals surface area contributed by atoms with E-state index in [1.807, 2.05) is 13.0 Å². The summed E-state index contributed by atoms with van der Waals surface area (Å²) in [6.07, 6.45) is 5.33. The number of carbonyl (C=O) groups is 1. The molecule has 31 heavy (non-hydrogen) atoms. The van der Waals surface area contributed by atoms with Crippen LogP contribution in [-0.4, -0.2) is 39.7 Å². The number of aryl methyl sites for hydroxylation is 1. The Morgan fingerprint density at radius 1 is 0.935 bits per heavy atom. The molecule has 7 heteroatoms. The van der Waals surface area contributed by atoms with Gasteiger partial charge < -0.3 is 10.2 Å². The number of amides is 1. The lowest BCUT2D eigenvalue weighted by Crippen LogP contribution is -2.38. The topological polar surface area (TPSA) is 69.7 Å². The summed E-state index contributed by atoms with van der Waals surface area (Å²) in [6, 6.07) is 13.6. The van der Waals surface area contributed by atoms with E-state index in [1.165, 1.54) is 29.3 Å². The number of hydrogen-bond acceptors (Lipinski definition) is 4. The molecular formula is C24H31N3O3S. The summed E-state index contributed by atoms with van der Waals surface area (Å²) in [5.41, 5.74) is 4.22. The number of nitrogens with zero attached hydrogens (tertiary/aromatic N) is 2. The van der Waals surface area contributed by atoms with Gasteiger partial charge in [-0.15, -0.1) is 0 Å². The summed E-state index contributed by atoms with van der Waals surface area (Å²) in [6.45, 7) is 5.00. The number of rotatable bonds is 5. The molecule has 2 aromatic carbocycles. The van der Waals surface area contributed by atoms with Crippen LogP contribution >= 0.6 is 0 Å². The lowest BCUT2D eigenvalue weighted by atomic mass is 10.1. The Balaban J connectivity index is 1.42. The average Bonchev–Trinajstić information content (AvgIpc) is 2.79. The predicted octanol–water partition coefficient (Wildman–Crippen LogP) is 3.85. The van der Waals surface area contributed by atoms with E-state index in [0.29, 0.717) is 30.8 Å². The molecule has 0 radical (unpaired) electrons. The van der Waals surface area contributed by atoms with Crippen LogP contribution in [0, 0.1) is 6.92 Å². The summed E-state index contributed by atoms with van der Waals surface area (Å²) in [4.78, 5) is 15.2. The maximum Gasteiger partial charge on any atom is 0.251 e. The van der Waals surface area contributed by atoms with E-state index in [-0.39, 0.29) is 11.7 Å². The van der Waals surface area contributed by atoms with E-state index < -0.39 is 10.0 Å². The lowest BCUT2D eigenvalue weighted by molar-refractivity contribution is 0.0951. The average molecular weight is 442 g/mol. The third kappa shape index (κ3) is 5.03. The minimum Gasteiger partial charge on any atom is -0.372 e. The van der Waals surface area contributed by atoms with Gasteiger partial charge in [0.25, 0.3) is 5.91 Å². The molecule has 0 aromatic heterocycles. The molecule has 0 unspecified atom stereocenters. The van der Waals surface area contributed by atoms with E-state index in [1.54, 1.807) is 12.1 Å². The second-order valence-corrected chi connectivity index (χ2v) is 10.5. The van der Waals surface area contributed by atoms with E-state index in [4.69, 9.17) is 0 Å². The molecule has 2 aliphatic heterocycles. The largest absolute Gasteiger partial charge is 0.372 e. The van der Waals surface area contributed by atoms with E-state index in [0.717, 1.165) is 30.6 Å². The van der Waals surface area contributed by atoms with Gasteiger partial charge in [0.05, 0.1) is 11.4 Å². The predicted molar refractivity (Wildman–Crippen MR) is 125 cm³/mol. The Kier molecular flexibility index (Phi) is 6.51. The quantitative estimate of drug-likeness (QED) is 0.765. The zero-order chi connectivity index (χ0) is 21.8. The Hall–Kier alpha value is -2.54. The normalized spacial score (nSPS) is 18.6. The van der Waals surface area contributed by atoms with Crippen molar-refractivity contribution in [3.63, 3.8) is 0 Å². The van der Waals surface area contributed by atoms with Crippen LogP contribution in [0.5, 0.6) is 0 Å². The molecule has 4 rings (SSSR count). The lowest BCUT2D eigenvalue weighted by Gasteiger charge is -2.29. The molecule has 2 fully saturated rings. The first-order valence-electron chi connectivity index (χ1n) is 11.2. The standard InChI is InChI=1S/C24H31N3O3S/c1-19-7-10-21(17-23(19)27-15-5-6-16-31(27,29)30)24(28)25-18-20-8-11-22(12-9-20)26-13-3-2-4-14-26/h7-12,17H,2-6,13-16,18H2,1H3,(H,25,28). The highest BCUT2D eigenvalue weighted by Crippen LogP contribution is 2.28. The molecule has 0 bridgehead atoms. The van der Waals surface area contributed by atoms with Crippen molar-refractivity contribution in [3.05, 3.63) is 59.2 Å². The van der Waals surface area contributed by atoms with Crippen LogP contribution in [-0.2, 0) is 16.6 Å². The Morgan fingerprint density at radius 3 is 2.35 bits per heavy atom. The maximum absolute atomic E-state index is 12.8. The van der Waals surface area contributed by atoms with Crippen molar-refractivity contribution in [1.29, 1.82) is 0 Å². The molecule has 6 nitrogen and oxygen atoms in total. The van der Waals surface area contributed by atoms with Crippen LogP contribution in [0.3, 0.4) is 0 Å². The van der Waals surface area contributed by atoms with Crippen molar-refractivity contribution in [1.82, 2.24) is 5.32 Å². The number of benzene rings is 2. The van der Waals surface area contributed by atoms with Crippen molar-refractivity contribution in [3.8, 4) is 0 Å². The van der Waals surface area contributed by atoms with Gasteiger partial charge in [0.15, 0.2) is 0 Å². The van der Waals surface area contributed by atoms with Gasteiger partial charge in [-0.25, -0.2) is 8.42 Å². The third-order valence-electron chi connectivity index (χ3n) is 6.20. The monoisotopic (exact) mass is 441 g/mol. The fraction of sp³-hybridized carbons (Fsp3) is 0.458. The van der Waals surface area contributed by atoms with Crippen LogP contribution in [0.15, 0.2) is 42.5 Å². The Bertz CT molecular complexity index is 1030. The molecule has 1 amide bonds. The maximum atomic E-state index is 12.8. The van der Waals surface area contributed by atoms with Crippen LogP contribution in [0.1, 0.15) is 53.6 Å². The highest BCUT2D eigenvalue weighted by Gasteiger charge is 2.27. The molecular weight excluding hydrogens is 410 g/mol. The van der Waals surface area contributed by atoms with Gasteiger partial charge in [-0.05, 0) is 74.4 Å². The van der Waals surface area contributed by atoms with Crippen LogP contribution in [0.25, 0.3) is 0 Å². The van der Waals surface area contributed by atoms with E-state index in [9.17, 15) is 13.2 Å². The van der Waals surface area contributed by atoms with Crippen molar-refractivity contribution in [2.24, 2.45) is 0 Å². The summed E-state index contributed by atoms with van der Waals surface area (Å²) in [5.74, 6) is -0.0354. The molecule has 2 aromatic rings. The van der Waals surface area contributed by atoms with E-state index in [2.05, 4.69) is 34.5 Å². The first-order chi connectivity index (χ1) is 14.9. The van der Waals surface area contributed by atoms with E-state index >= 15 is 0 Å². The molecule has 2 aliphatic rings. The van der Waals surface area contributed by atoms with Crippen LogP contribution < -0.4 is 14.5 Å². The SMILES string of the molecule is Cc1ccc(C(=O)NCc2ccc(N3CCCCC3)cc2)cc1N1CCCCS1(=O)=O. The minimum atomic E-state index is -3.31. The van der Waals surface area contributed by atoms with Gasteiger partial charge in [0.1, 0.15) is 0 Å². The van der Waals surface area contributed by atoms with Crippen molar-refractivity contribution >= 4 is 27.3 Å². The Morgan fingerprint density at radius 2 is 1.65 bits per heavy atom. The minimum absolute atomic E-state index is 0.163. The third-order valence-corrected chi connectivity index (χ3v) is 8.06. The van der Waals surface area contributed by atoms with Crippen LogP contribution in [0.2, 0.25) is 0 Å². The molecule has 2 saturated heterocycles. The molecule has 166 valence electrons. The second-order valence-electron chi connectivity index (χ2n) is 8.49. The highest BCUT2D eigenvalue weighted by atomic mass is 32.2. The zero-order valence-electron chi connectivity index (χ0n) is 18.1. The zero-order valence-corrected chi connectivity index (χ0v) is 19.0. The van der Waals surface area contributed by atoms with Crippen molar-refractivity contribution in [2.45, 2.75) is 45.6 Å². The molecule has 0 atom stereocenters. The summed E-state index contributed by atoms with van der Waals surface area (Å²) in [7, 11) is -3.31. The molecule has 2 heterocycles. The molecule has 1 N–H and O–H groups in total.